The van der Waals surface area contributed by atoms with Crippen molar-refractivity contribution >= 4 is 40.0 Å². The number of anilines is 3. The maximum absolute atomic E-state index is 13.4. The van der Waals surface area contributed by atoms with Crippen LogP contribution >= 0.6 is 11.6 Å². The van der Waals surface area contributed by atoms with Gasteiger partial charge in [-0.2, -0.15) is 4.98 Å². The van der Waals surface area contributed by atoms with Gasteiger partial charge in [-0.05, 0) is 63.3 Å². The Kier molecular flexibility index (Phi) is 5.09. The van der Waals surface area contributed by atoms with Crippen LogP contribution in [0.4, 0.5) is 21.8 Å². The first kappa shape index (κ1) is 17.9. The second-order valence-electron chi connectivity index (χ2n) is 6.89. The van der Waals surface area contributed by atoms with Gasteiger partial charge >= 0.3 is 0 Å². The Labute approximate surface area is 162 Å². The Bertz CT molecular complexity index is 956. The van der Waals surface area contributed by atoms with Gasteiger partial charge < -0.3 is 15.5 Å². The molecule has 0 unspecified atom stereocenters. The zero-order valence-electron chi connectivity index (χ0n) is 15.0. The Balaban J connectivity index is 1.64. The third-order valence-corrected chi connectivity index (χ3v) is 5.13. The summed E-state index contributed by atoms with van der Waals surface area (Å²) in [4.78, 5) is 11.6. The molecule has 0 saturated carbocycles. The summed E-state index contributed by atoms with van der Waals surface area (Å²) in [6, 6.07) is 12.8. The van der Waals surface area contributed by atoms with Crippen molar-refractivity contribution in [1.82, 2.24) is 14.9 Å². The first-order valence-electron chi connectivity index (χ1n) is 9.02. The zero-order chi connectivity index (χ0) is 18.8. The summed E-state index contributed by atoms with van der Waals surface area (Å²) < 4.78 is 13.4. The van der Waals surface area contributed by atoms with Crippen molar-refractivity contribution in [3.8, 4) is 0 Å². The van der Waals surface area contributed by atoms with Gasteiger partial charge in [-0.15, -0.1) is 0 Å². The monoisotopic (exact) mass is 385 g/mol. The van der Waals surface area contributed by atoms with Crippen molar-refractivity contribution in [1.29, 1.82) is 0 Å². The Hall–Kier alpha value is -2.44. The summed E-state index contributed by atoms with van der Waals surface area (Å²) in [7, 11) is 2.14. The molecule has 2 N–H and O–H groups in total. The lowest BCUT2D eigenvalue weighted by Gasteiger charge is -2.30. The molecular formula is C20H21ClFN5. The minimum absolute atomic E-state index is 0.0606. The van der Waals surface area contributed by atoms with Crippen molar-refractivity contribution in [2.75, 3.05) is 30.8 Å². The van der Waals surface area contributed by atoms with E-state index in [0.717, 1.165) is 42.7 Å². The quantitative estimate of drug-likeness (QED) is 0.683. The van der Waals surface area contributed by atoms with Gasteiger partial charge in [-0.3, -0.25) is 0 Å². The van der Waals surface area contributed by atoms with Crippen molar-refractivity contribution in [3.63, 3.8) is 0 Å². The number of halogens is 2. The van der Waals surface area contributed by atoms with E-state index in [-0.39, 0.29) is 5.02 Å². The Morgan fingerprint density at radius 3 is 2.67 bits per heavy atom. The number of benzene rings is 2. The fraction of sp³-hybridized carbons (Fsp3) is 0.300. The van der Waals surface area contributed by atoms with Crippen LogP contribution in [-0.4, -0.2) is 41.0 Å². The fourth-order valence-corrected chi connectivity index (χ4v) is 3.47. The molecule has 0 radical (unpaired) electrons. The zero-order valence-corrected chi connectivity index (χ0v) is 15.8. The van der Waals surface area contributed by atoms with Gasteiger partial charge in [0.2, 0.25) is 5.95 Å². The molecule has 3 aromatic rings. The summed E-state index contributed by atoms with van der Waals surface area (Å²) in [5, 5.41) is 7.76. The maximum atomic E-state index is 13.4. The normalized spacial score (nSPS) is 15.8. The van der Waals surface area contributed by atoms with Gasteiger partial charge in [-0.1, -0.05) is 23.7 Å². The second kappa shape index (κ2) is 7.66. The van der Waals surface area contributed by atoms with Crippen LogP contribution in [0.15, 0.2) is 42.5 Å². The van der Waals surface area contributed by atoms with Crippen molar-refractivity contribution < 1.29 is 4.39 Å². The highest BCUT2D eigenvalue weighted by Gasteiger charge is 2.18. The van der Waals surface area contributed by atoms with E-state index >= 15 is 0 Å². The molecule has 7 heteroatoms. The van der Waals surface area contributed by atoms with Gasteiger partial charge in [0, 0.05) is 17.1 Å². The van der Waals surface area contributed by atoms with E-state index in [1.165, 1.54) is 12.1 Å². The molecule has 140 valence electrons. The number of hydrogen-bond donors (Lipinski definition) is 2. The van der Waals surface area contributed by atoms with Gasteiger partial charge in [-0.25, -0.2) is 9.37 Å². The van der Waals surface area contributed by atoms with Crippen LogP contribution in [0, 0.1) is 5.82 Å². The van der Waals surface area contributed by atoms with E-state index in [1.807, 2.05) is 24.3 Å². The number of nitrogens with zero attached hydrogens (tertiary/aromatic N) is 3. The van der Waals surface area contributed by atoms with Crippen LogP contribution in [0.5, 0.6) is 0 Å². The molecule has 1 aliphatic heterocycles. The van der Waals surface area contributed by atoms with Crippen LogP contribution in [0.25, 0.3) is 10.9 Å². The molecule has 1 aromatic heterocycles. The molecule has 2 heterocycles. The summed E-state index contributed by atoms with van der Waals surface area (Å²) in [6.45, 7) is 2.14. The van der Waals surface area contributed by atoms with Crippen molar-refractivity contribution in [2.24, 2.45) is 0 Å². The molecule has 0 atom stereocenters. The molecule has 1 fully saturated rings. The second-order valence-corrected chi connectivity index (χ2v) is 7.30. The number of aromatic nitrogens is 2. The smallest absolute Gasteiger partial charge is 0.229 e. The number of nitrogens with one attached hydrogen (secondary N) is 2. The highest BCUT2D eigenvalue weighted by atomic mass is 35.5. The standard InChI is InChI=1S/C20H21ClFN5/c1-27-10-8-13(9-11-27)23-19-15-4-2-3-5-18(15)25-20(26-19)24-14-6-7-17(22)16(21)12-14/h2-7,12-13H,8-11H2,1H3,(H2,23,24,25,26). The van der Waals surface area contributed by atoms with Gasteiger partial charge in [0.25, 0.3) is 0 Å². The minimum atomic E-state index is -0.453. The van der Waals surface area contributed by atoms with E-state index < -0.39 is 5.82 Å². The predicted molar refractivity (Wildman–Crippen MR) is 108 cm³/mol. The molecule has 0 spiro atoms. The Morgan fingerprint density at radius 1 is 1.11 bits per heavy atom. The van der Waals surface area contributed by atoms with Crippen LogP contribution in [-0.2, 0) is 0 Å². The van der Waals surface area contributed by atoms with Crippen LogP contribution in [0.3, 0.4) is 0 Å². The lowest BCUT2D eigenvalue weighted by molar-refractivity contribution is 0.264. The van der Waals surface area contributed by atoms with Gasteiger partial charge in [0.15, 0.2) is 0 Å². The van der Waals surface area contributed by atoms with Crippen LogP contribution in [0.2, 0.25) is 5.02 Å². The maximum Gasteiger partial charge on any atom is 0.229 e. The van der Waals surface area contributed by atoms with Gasteiger partial charge in [0.05, 0.1) is 10.5 Å². The number of fused-ring (bicyclic) bond motifs is 1. The fourth-order valence-electron chi connectivity index (χ4n) is 3.29. The lowest BCUT2D eigenvalue weighted by Crippen LogP contribution is -2.37. The molecule has 27 heavy (non-hydrogen) atoms. The highest BCUT2D eigenvalue weighted by molar-refractivity contribution is 6.31. The largest absolute Gasteiger partial charge is 0.367 e. The molecule has 5 nitrogen and oxygen atoms in total. The molecule has 0 amide bonds. The number of para-hydroxylation sites is 1. The summed E-state index contributed by atoms with van der Waals surface area (Å²) in [6.07, 6.45) is 2.15. The average Bonchev–Trinajstić information content (AvgIpc) is 2.67. The van der Waals surface area contributed by atoms with Gasteiger partial charge in [0.1, 0.15) is 11.6 Å². The highest BCUT2D eigenvalue weighted by Crippen LogP contribution is 2.27. The molecular weight excluding hydrogens is 365 g/mol. The summed E-state index contributed by atoms with van der Waals surface area (Å²) >= 11 is 5.87. The molecule has 1 saturated heterocycles. The first-order chi connectivity index (χ1) is 13.1. The van der Waals surface area contributed by atoms with E-state index in [0.29, 0.717) is 17.7 Å². The molecule has 0 bridgehead atoms. The molecule has 0 aliphatic carbocycles. The number of piperidine rings is 1. The third kappa shape index (κ3) is 4.12. The Morgan fingerprint density at radius 2 is 1.89 bits per heavy atom. The van der Waals surface area contributed by atoms with Crippen molar-refractivity contribution in [3.05, 3.63) is 53.3 Å². The number of hydrogen-bond acceptors (Lipinski definition) is 5. The molecule has 1 aliphatic rings. The topological polar surface area (TPSA) is 53.1 Å². The SMILES string of the molecule is CN1CCC(Nc2nc(Nc3ccc(F)c(Cl)c3)nc3ccccc23)CC1. The van der Waals surface area contributed by atoms with Crippen LogP contribution < -0.4 is 10.6 Å². The van der Waals surface area contributed by atoms with Crippen molar-refractivity contribution in [2.45, 2.75) is 18.9 Å². The van der Waals surface area contributed by atoms with E-state index in [1.54, 1.807) is 6.07 Å². The third-order valence-electron chi connectivity index (χ3n) is 4.84. The average molecular weight is 386 g/mol. The predicted octanol–water partition coefficient (Wildman–Crippen LogP) is 4.67. The molecule has 2 aromatic carbocycles. The number of likely N-dealkylation sites (tertiary alicyclic amines) is 1. The van der Waals surface area contributed by atoms with E-state index in [4.69, 9.17) is 11.6 Å². The molecule has 4 rings (SSSR count). The summed E-state index contributed by atoms with van der Waals surface area (Å²) in [5.41, 5.74) is 1.49. The minimum Gasteiger partial charge on any atom is -0.367 e. The van der Waals surface area contributed by atoms with E-state index in [2.05, 4.69) is 32.5 Å². The van der Waals surface area contributed by atoms with Crippen LogP contribution in [0.1, 0.15) is 12.8 Å². The summed E-state index contributed by atoms with van der Waals surface area (Å²) in [5.74, 6) is 0.809. The first-order valence-corrected chi connectivity index (χ1v) is 9.40. The van der Waals surface area contributed by atoms with E-state index in [9.17, 15) is 4.39 Å². The lowest BCUT2D eigenvalue weighted by atomic mass is 10.1. The number of rotatable bonds is 4.